The second kappa shape index (κ2) is 9.62. The van der Waals surface area contributed by atoms with Gasteiger partial charge in [0.25, 0.3) is 0 Å². The van der Waals surface area contributed by atoms with Crippen LogP contribution in [0.3, 0.4) is 0 Å². The molecule has 0 saturated carbocycles. The molecule has 1 fully saturated rings. The molecule has 166 valence electrons. The number of carbonyl (C=O) groups is 1. The van der Waals surface area contributed by atoms with Gasteiger partial charge in [-0.1, -0.05) is 6.92 Å². The van der Waals surface area contributed by atoms with Gasteiger partial charge in [0.05, 0.1) is 12.4 Å². The lowest BCUT2D eigenvalue weighted by molar-refractivity contribution is -0.122. The van der Waals surface area contributed by atoms with Gasteiger partial charge < -0.3 is 36.6 Å². The summed E-state index contributed by atoms with van der Waals surface area (Å²) in [5.41, 5.74) is 12.5. The number of hydrogen-bond acceptors (Lipinski definition) is 10. The van der Waals surface area contributed by atoms with Gasteiger partial charge in [0.15, 0.2) is 17.7 Å². The van der Waals surface area contributed by atoms with Crippen LogP contribution >= 0.6 is 0 Å². The van der Waals surface area contributed by atoms with Crippen molar-refractivity contribution in [2.45, 2.75) is 50.3 Å². The standard InChI is InChI=1S/C18H30N8O4/c1-3-5-21-17(29)10(19)4-6-25(2)7-11-13(27)14(28)18(30-11)26-9-24-12-15(20)22-8-23-16(12)26/h8-11,13-14,18,27-28H,3-7,19H2,1-2H3,(H,21,29)(H2,20,22,23)/t10-,11+,13+,14+,18+/m0/s1. The first-order valence-electron chi connectivity index (χ1n) is 9.99. The average molecular weight is 422 g/mol. The summed E-state index contributed by atoms with van der Waals surface area (Å²) in [6.07, 6.45) is 0.299. The van der Waals surface area contributed by atoms with Gasteiger partial charge in [-0.25, -0.2) is 15.0 Å². The van der Waals surface area contributed by atoms with Crippen molar-refractivity contribution in [2.75, 3.05) is 32.4 Å². The summed E-state index contributed by atoms with van der Waals surface area (Å²) >= 11 is 0. The maximum atomic E-state index is 11.9. The number of aromatic nitrogens is 4. The van der Waals surface area contributed by atoms with Crippen LogP contribution in [0.4, 0.5) is 5.82 Å². The number of carbonyl (C=O) groups excluding carboxylic acids is 1. The molecule has 30 heavy (non-hydrogen) atoms. The zero-order valence-corrected chi connectivity index (χ0v) is 17.2. The molecule has 2 aromatic heterocycles. The van der Waals surface area contributed by atoms with E-state index in [1.54, 1.807) is 0 Å². The number of nitrogens with one attached hydrogen (secondary N) is 1. The summed E-state index contributed by atoms with van der Waals surface area (Å²) < 4.78 is 7.46. The number of aliphatic hydroxyl groups excluding tert-OH is 2. The Morgan fingerprint density at radius 1 is 1.37 bits per heavy atom. The van der Waals surface area contributed by atoms with Crippen molar-refractivity contribution in [1.82, 2.24) is 29.7 Å². The van der Waals surface area contributed by atoms with Crippen LogP contribution in [-0.2, 0) is 9.53 Å². The Labute approximate surface area is 174 Å². The van der Waals surface area contributed by atoms with Gasteiger partial charge in [-0.05, 0) is 26.4 Å². The zero-order chi connectivity index (χ0) is 21.8. The van der Waals surface area contributed by atoms with Crippen LogP contribution in [0.5, 0.6) is 0 Å². The highest BCUT2D eigenvalue weighted by molar-refractivity contribution is 5.81. The van der Waals surface area contributed by atoms with Crippen LogP contribution in [-0.4, -0.2) is 91.6 Å². The summed E-state index contributed by atoms with van der Waals surface area (Å²) in [4.78, 5) is 26.0. The first-order valence-corrected chi connectivity index (χ1v) is 9.99. The number of likely N-dealkylation sites (N-methyl/N-ethyl adjacent to an activating group) is 1. The Balaban J connectivity index is 1.58. The monoisotopic (exact) mass is 422 g/mol. The summed E-state index contributed by atoms with van der Waals surface area (Å²) in [6, 6.07) is -0.603. The lowest BCUT2D eigenvalue weighted by Crippen LogP contribution is -2.44. The number of amides is 1. The van der Waals surface area contributed by atoms with E-state index in [9.17, 15) is 15.0 Å². The van der Waals surface area contributed by atoms with Gasteiger partial charge in [0, 0.05) is 13.1 Å². The molecule has 0 aromatic carbocycles. The molecule has 0 unspecified atom stereocenters. The van der Waals surface area contributed by atoms with Gasteiger partial charge in [-0.15, -0.1) is 0 Å². The number of imidazole rings is 1. The van der Waals surface area contributed by atoms with E-state index in [1.807, 2.05) is 18.9 Å². The van der Waals surface area contributed by atoms with Crippen molar-refractivity contribution < 1.29 is 19.7 Å². The van der Waals surface area contributed by atoms with Crippen molar-refractivity contribution >= 4 is 22.9 Å². The van der Waals surface area contributed by atoms with Crippen molar-refractivity contribution in [1.29, 1.82) is 0 Å². The fraction of sp³-hybridized carbons (Fsp3) is 0.667. The van der Waals surface area contributed by atoms with Crippen LogP contribution in [0, 0.1) is 0 Å². The number of nitrogens with zero attached hydrogens (tertiary/aromatic N) is 5. The Kier molecular flexibility index (Phi) is 7.15. The van der Waals surface area contributed by atoms with E-state index in [2.05, 4.69) is 20.3 Å². The minimum atomic E-state index is -1.17. The molecular formula is C18H30N8O4. The lowest BCUT2D eigenvalue weighted by Gasteiger charge is -2.23. The van der Waals surface area contributed by atoms with Gasteiger partial charge in [0.1, 0.15) is 30.2 Å². The van der Waals surface area contributed by atoms with E-state index >= 15 is 0 Å². The van der Waals surface area contributed by atoms with E-state index in [0.29, 0.717) is 37.2 Å². The van der Waals surface area contributed by atoms with E-state index in [1.165, 1.54) is 17.2 Å². The molecular weight excluding hydrogens is 392 g/mol. The molecule has 0 aliphatic carbocycles. The first kappa shape index (κ1) is 22.3. The van der Waals surface area contributed by atoms with Crippen LogP contribution in [0.1, 0.15) is 26.0 Å². The smallest absolute Gasteiger partial charge is 0.236 e. The Morgan fingerprint density at radius 3 is 2.87 bits per heavy atom. The molecule has 3 rings (SSSR count). The molecule has 0 radical (unpaired) electrons. The van der Waals surface area contributed by atoms with E-state index in [4.69, 9.17) is 16.2 Å². The molecule has 7 N–H and O–H groups in total. The molecule has 3 heterocycles. The van der Waals surface area contributed by atoms with Crippen molar-refractivity contribution in [3.63, 3.8) is 0 Å². The molecule has 5 atom stereocenters. The molecule has 2 aromatic rings. The third kappa shape index (κ3) is 4.68. The fourth-order valence-corrected chi connectivity index (χ4v) is 3.43. The quantitative estimate of drug-likeness (QED) is 0.310. The van der Waals surface area contributed by atoms with Crippen molar-refractivity contribution in [3.05, 3.63) is 12.7 Å². The van der Waals surface area contributed by atoms with Gasteiger partial charge >= 0.3 is 0 Å². The summed E-state index contributed by atoms with van der Waals surface area (Å²) in [6.45, 7) is 3.46. The third-order valence-electron chi connectivity index (χ3n) is 5.20. The second-order valence-corrected chi connectivity index (χ2v) is 7.58. The highest BCUT2D eigenvalue weighted by Crippen LogP contribution is 2.32. The number of nitrogens with two attached hydrogens (primary N) is 2. The molecule has 0 bridgehead atoms. The Hall–Kier alpha value is -2.38. The molecule has 12 heteroatoms. The SMILES string of the molecule is CCCNC(=O)[C@@H](N)CCN(C)C[C@H]1O[C@@H](n2cnc3c(N)ncnc32)[C@H](O)[C@@H]1O. The third-order valence-corrected chi connectivity index (χ3v) is 5.20. The summed E-state index contributed by atoms with van der Waals surface area (Å²) in [5.74, 6) is 0.0496. The molecule has 0 spiro atoms. The number of anilines is 1. The largest absolute Gasteiger partial charge is 0.387 e. The Bertz CT molecular complexity index is 862. The maximum absolute atomic E-state index is 11.9. The second-order valence-electron chi connectivity index (χ2n) is 7.58. The minimum Gasteiger partial charge on any atom is -0.387 e. The zero-order valence-electron chi connectivity index (χ0n) is 17.2. The number of aliphatic hydroxyl groups is 2. The van der Waals surface area contributed by atoms with Crippen molar-refractivity contribution in [3.8, 4) is 0 Å². The molecule has 12 nitrogen and oxygen atoms in total. The molecule has 1 amide bonds. The lowest BCUT2D eigenvalue weighted by atomic mass is 10.1. The molecule has 1 aliphatic rings. The van der Waals surface area contributed by atoms with E-state index in [0.717, 1.165) is 6.42 Å². The number of ether oxygens (including phenoxy) is 1. The molecule has 1 saturated heterocycles. The van der Waals surface area contributed by atoms with Gasteiger partial charge in [-0.2, -0.15) is 0 Å². The van der Waals surface area contributed by atoms with E-state index in [-0.39, 0.29) is 11.7 Å². The fourth-order valence-electron chi connectivity index (χ4n) is 3.43. The minimum absolute atomic E-state index is 0.175. The predicted molar refractivity (Wildman–Crippen MR) is 109 cm³/mol. The van der Waals surface area contributed by atoms with Crippen LogP contribution in [0.2, 0.25) is 0 Å². The first-order chi connectivity index (χ1) is 14.3. The topological polar surface area (TPSA) is 178 Å². The van der Waals surface area contributed by atoms with Gasteiger partial charge in [-0.3, -0.25) is 9.36 Å². The van der Waals surface area contributed by atoms with Crippen molar-refractivity contribution in [2.24, 2.45) is 5.73 Å². The number of rotatable bonds is 9. The average Bonchev–Trinajstić information content (AvgIpc) is 3.27. The highest BCUT2D eigenvalue weighted by atomic mass is 16.6. The summed E-state index contributed by atoms with van der Waals surface area (Å²) in [5, 5.41) is 23.8. The number of fused-ring (bicyclic) bond motifs is 1. The normalized spacial score (nSPS) is 25.1. The Morgan fingerprint density at radius 2 is 2.13 bits per heavy atom. The van der Waals surface area contributed by atoms with Gasteiger partial charge in [0.2, 0.25) is 5.91 Å². The maximum Gasteiger partial charge on any atom is 0.236 e. The number of hydrogen-bond donors (Lipinski definition) is 5. The highest BCUT2D eigenvalue weighted by Gasteiger charge is 2.44. The van der Waals surface area contributed by atoms with E-state index < -0.39 is 30.6 Å². The number of nitrogen functional groups attached to an aromatic ring is 1. The molecule has 1 aliphatic heterocycles. The van der Waals surface area contributed by atoms with Crippen LogP contribution < -0.4 is 16.8 Å². The summed E-state index contributed by atoms with van der Waals surface area (Å²) in [7, 11) is 1.84. The van der Waals surface area contributed by atoms with Crippen LogP contribution in [0.25, 0.3) is 11.2 Å². The van der Waals surface area contributed by atoms with Crippen LogP contribution in [0.15, 0.2) is 12.7 Å². The predicted octanol–water partition coefficient (Wildman–Crippen LogP) is -1.80.